The Balaban J connectivity index is 5.24. The summed E-state index contributed by atoms with van der Waals surface area (Å²) in [6.07, 6.45) is -4.81. The van der Waals surface area contributed by atoms with Crippen molar-refractivity contribution in [1.82, 2.24) is 4.72 Å². The number of hydrogen-bond donors (Lipinski definition) is 1. The highest BCUT2D eigenvalue weighted by atomic mass is 32.2. The molecule has 0 spiro atoms. The van der Waals surface area contributed by atoms with E-state index >= 15 is 0 Å². The van der Waals surface area contributed by atoms with Crippen molar-refractivity contribution in [1.29, 1.82) is 0 Å². The molecule has 0 aromatic carbocycles. The Labute approximate surface area is 125 Å². The average molecular weight is 329 g/mol. The van der Waals surface area contributed by atoms with Gasteiger partial charge in [-0.05, 0) is 41.5 Å². The van der Waals surface area contributed by atoms with Gasteiger partial charge in [0.25, 0.3) is 0 Å². The summed E-state index contributed by atoms with van der Waals surface area (Å²) < 4.78 is 56.8. The summed E-state index contributed by atoms with van der Waals surface area (Å²) in [7, 11) is -2.01. The number of carbonyl (C=O) groups is 1. The van der Waals surface area contributed by atoms with Gasteiger partial charge in [-0.3, -0.25) is 0 Å². The molecule has 0 radical (unpaired) electrons. The molecule has 124 valence electrons. The highest BCUT2D eigenvalue weighted by Gasteiger charge is 2.46. The first kappa shape index (κ1) is 20.1. The van der Waals surface area contributed by atoms with Gasteiger partial charge in [0, 0.05) is 0 Å². The molecular weight excluding hydrogens is 307 g/mol. The topological polar surface area (TPSA) is 55.4 Å². The Kier molecular flexibility index (Phi) is 6.20. The Hall–Kier alpha value is -0.890. The Bertz CT molecular complexity index is 433. The fraction of sp³-hybridized carbons (Fsp3) is 0.769. The van der Waals surface area contributed by atoms with Gasteiger partial charge in [0.15, 0.2) is 0 Å². The van der Waals surface area contributed by atoms with E-state index in [1.807, 2.05) is 4.72 Å². The van der Waals surface area contributed by atoms with E-state index in [2.05, 4.69) is 6.58 Å². The second-order valence-corrected chi connectivity index (χ2v) is 8.50. The summed E-state index contributed by atoms with van der Waals surface area (Å²) in [6, 6.07) is -2.42. The molecule has 0 aliphatic heterocycles. The van der Waals surface area contributed by atoms with Crippen molar-refractivity contribution in [2.75, 3.05) is 0 Å². The molecule has 0 aliphatic rings. The number of ether oxygens (including phenoxy) is 1. The van der Waals surface area contributed by atoms with Gasteiger partial charge in [-0.25, -0.2) is 13.7 Å². The molecule has 0 fully saturated rings. The third-order valence-corrected chi connectivity index (χ3v) is 3.68. The van der Waals surface area contributed by atoms with Crippen molar-refractivity contribution in [2.45, 2.75) is 64.1 Å². The van der Waals surface area contributed by atoms with Crippen molar-refractivity contribution >= 4 is 17.0 Å². The van der Waals surface area contributed by atoms with E-state index in [0.717, 1.165) is 0 Å². The second-order valence-electron chi connectivity index (χ2n) is 6.50. The quantitative estimate of drug-likeness (QED) is 0.637. The minimum atomic E-state index is -4.81. The first-order chi connectivity index (χ1) is 9.05. The van der Waals surface area contributed by atoms with E-state index in [1.54, 1.807) is 0 Å². The van der Waals surface area contributed by atoms with Gasteiger partial charge >= 0.3 is 12.1 Å². The number of rotatable bonds is 4. The van der Waals surface area contributed by atoms with Crippen molar-refractivity contribution in [3.05, 3.63) is 12.2 Å². The fourth-order valence-electron chi connectivity index (χ4n) is 1.08. The molecule has 0 saturated heterocycles. The lowest BCUT2D eigenvalue weighted by atomic mass is 10.1. The number of carbonyl (C=O) groups excluding carboxylic acids is 1. The summed E-state index contributed by atoms with van der Waals surface area (Å²) in [5.74, 6) is -1.18. The second kappa shape index (κ2) is 6.48. The van der Waals surface area contributed by atoms with Crippen LogP contribution in [0.5, 0.6) is 0 Å². The van der Waals surface area contributed by atoms with Crippen molar-refractivity contribution < 1.29 is 26.9 Å². The number of nitrogens with one attached hydrogen (secondary N) is 1. The zero-order valence-corrected chi connectivity index (χ0v) is 13.9. The van der Waals surface area contributed by atoms with Crippen LogP contribution < -0.4 is 4.72 Å². The van der Waals surface area contributed by atoms with Crippen LogP contribution in [0.4, 0.5) is 13.2 Å². The Morgan fingerprint density at radius 2 is 1.57 bits per heavy atom. The van der Waals surface area contributed by atoms with Gasteiger partial charge < -0.3 is 4.74 Å². The van der Waals surface area contributed by atoms with Crippen LogP contribution in [-0.4, -0.2) is 32.7 Å². The minimum Gasteiger partial charge on any atom is -0.457 e. The first-order valence-corrected chi connectivity index (χ1v) is 7.37. The van der Waals surface area contributed by atoms with Crippen LogP contribution in [0.3, 0.4) is 0 Å². The van der Waals surface area contributed by atoms with Gasteiger partial charge in [0.2, 0.25) is 0 Å². The molecule has 0 aromatic rings. The maximum atomic E-state index is 13.0. The van der Waals surface area contributed by atoms with Crippen LogP contribution >= 0.6 is 0 Å². The first-order valence-electron chi connectivity index (χ1n) is 6.22. The molecule has 4 nitrogen and oxygen atoms in total. The smallest absolute Gasteiger partial charge is 0.409 e. The third kappa shape index (κ3) is 7.08. The lowest BCUT2D eigenvalue weighted by molar-refractivity contribution is -0.161. The molecular formula is C13H22F3NO3S. The third-order valence-electron chi connectivity index (χ3n) is 2.12. The molecule has 0 aromatic heterocycles. The number of halogens is 3. The van der Waals surface area contributed by atoms with E-state index in [-0.39, 0.29) is 0 Å². The maximum absolute atomic E-state index is 13.0. The molecule has 8 heteroatoms. The fourth-order valence-corrected chi connectivity index (χ4v) is 1.92. The summed E-state index contributed by atoms with van der Waals surface area (Å²) in [5.41, 5.74) is -1.77. The van der Waals surface area contributed by atoms with E-state index in [4.69, 9.17) is 4.74 Å². The molecule has 0 unspecified atom stereocenters. The lowest BCUT2D eigenvalue weighted by Crippen LogP contribution is -2.50. The van der Waals surface area contributed by atoms with Crippen LogP contribution in [0.15, 0.2) is 12.2 Å². The van der Waals surface area contributed by atoms with Gasteiger partial charge in [0.1, 0.15) is 11.6 Å². The molecule has 1 N–H and O–H groups in total. The SMILES string of the molecule is C=C(C(=O)OC(C)(C)C)[C@H](N[S@@](=O)C(C)(C)C)C(F)(F)F. The van der Waals surface area contributed by atoms with Crippen molar-refractivity contribution in [3.8, 4) is 0 Å². The van der Waals surface area contributed by atoms with E-state index < -0.39 is 45.1 Å². The Morgan fingerprint density at radius 3 is 1.86 bits per heavy atom. The van der Waals surface area contributed by atoms with Crippen molar-refractivity contribution in [2.24, 2.45) is 0 Å². The molecule has 21 heavy (non-hydrogen) atoms. The van der Waals surface area contributed by atoms with E-state index in [1.165, 1.54) is 41.5 Å². The Morgan fingerprint density at radius 1 is 1.14 bits per heavy atom. The molecule has 0 aliphatic carbocycles. The molecule has 0 bridgehead atoms. The molecule has 2 atom stereocenters. The van der Waals surface area contributed by atoms with Gasteiger partial charge in [0.05, 0.1) is 21.3 Å². The summed E-state index contributed by atoms with van der Waals surface area (Å²) in [4.78, 5) is 11.7. The summed E-state index contributed by atoms with van der Waals surface area (Å²) >= 11 is 0. The number of alkyl halides is 3. The number of esters is 1. The van der Waals surface area contributed by atoms with Crippen LogP contribution in [0.1, 0.15) is 41.5 Å². The molecule has 0 heterocycles. The predicted molar refractivity (Wildman–Crippen MR) is 75.9 cm³/mol. The lowest BCUT2D eigenvalue weighted by Gasteiger charge is -2.28. The van der Waals surface area contributed by atoms with Gasteiger partial charge in [-0.1, -0.05) is 6.58 Å². The molecule has 0 rings (SSSR count). The standard InChI is InChI=1S/C13H22F3NO3S/c1-8(10(18)20-11(2,3)4)9(13(14,15)16)17-21(19)12(5,6)7/h9,17H,1H2,2-7H3/t9-,21-/m0/s1. The normalized spacial score (nSPS) is 16.2. The van der Waals surface area contributed by atoms with Crippen molar-refractivity contribution in [3.63, 3.8) is 0 Å². The highest BCUT2D eigenvalue weighted by Crippen LogP contribution is 2.27. The monoisotopic (exact) mass is 329 g/mol. The van der Waals surface area contributed by atoms with Gasteiger partial charge in [-0.2, -0.15) is 13.2 Å². The maximum Gasteiger partial charge on any atom is 0.409 e. The number of hydrogen-bond acceptors (Lipinski definition) is 3. The summed E-state index contributed by atoms with van der Waals surface area (Å²) in [5, 5.41) is 0. The van der Waals surface area contributed by atoms with Crippen LogP contribution in [0, 0.1) is 0 Å². The minimum absolute atomic E-state index is 0.824. The highest BCUT2D eigenvalue weighted by molar-refractivity contribution is 7.84. The zero-order chi connectivity index (χ0) is 17.2. The van der Waals surface area contributed by atoms with Crippen LogP contribution in [0.2, 0.25) is 0 Å². The van der Waals surface area contributed by atoms with Crippen LogP contribution in [-0.2, 0) is 20.5 Å². The predicted octanol–water partition coefficient (Wildman–Crippen LogP) is 2.87. The molecule has 0 amide bonds. The summed E-state index contributed by atoms with van der Waals surface area (Å²) in [6.45, 7) is 12.3. The van der Waals surface area contributed by atoms with E-state index in [0.29, 0.717) is 0 Å². The average Bonchev–Trinajstić information content (AvgIpc) is 2.18. The zero-order valence-electron chi connectivity index (χ0n) is 13.1. The van der Waals surface area contributed by atoms with Gasteiger partial charge in [-0.15, -0.1) is 0 Å². The largest absolute Gasteiger partial charge is 0.457 e. The van der Waals surface area contributed by atoms with Crippen LogP contribution in [0.25, 0.3) is 0 Å². The molecule has 0 saturated carbocycles. The van der Waals surface area contributed by atoms with E-state index in [9.17, 15) is 22.2 Å².